The zero-order chi connectivity index (χ0) is 19.7. The Morgan fingerprint density at radius 3 is 2.23 bits per heavy atom. The highest BCUT2D eigenvalue weighted by Gasteiger charge is 2.37. The van der Waals surface area contributed by atoms with E-state index in [1.807, 2.05) is 0 Å². The van der Waals surface area contributed by atoms with Crippen molar-refractivity contribution in [2.75, 3.05) is 6.61 Å². The van der Waals surface area contributed by atoms with Gasteiger partial charge in [0.1, 0.15) is 5.75 Å². The Hall–Kier alpha value is -3.58. The molecule has 0 amide bonds. The first-order valence-corrected chi connectivity index (χ1v) is 10.7. The normalized spacial score (nSPS) is 16.3. The van der Waals surface area contributed by atoms with Crippen molar-refractivity contribution in [2.45, 2.75) is 12.3 Å². The molecule has 0 radical (unpaired) electrons. The van der Waals surface area contributed by atoms with E-state index in [1.165, 1.54) is 54.9 Å². The van der Waals surface area contributed by atoms with Gasteiger partial charge in [-0.25, -0.2) is 0 Å². The molecule has 1 heterocycles. The van der Waals surface area contributed by atoms with Crippen LogP contribution in [0.4, 0.5) is 0 Å². The molecule has 0 spiro atoms. The zero-order valence-electron chi connectivity index (χ0n) is 16.6. The van der Waals surface area contributed by atoms with Crippen molar-refractivity contribution in [3.63, 3.8) is 0 Å². The summed E-state index contributed by atoms with van der Waals surface area (Å²) in [6.45, 7) is 0.773. The first-order valence-electron chi connectivity index (χ1n) is 10.7. The van der Waals surface area contributed by atoms with Crippen molar-refractivity contribution in [3.05, 3.63) is 113 Å². The molecule has 1 unspecified atom stereocenters. The van der Waals surface area contributed by atoms with E-state index >= 15 is 0 Å². The minimum atomic E-state index is 0.234. The molecule has 1 atom stereocenters. The van der Waals surface area contributed by atoms with Gasteiger partial charge in [-0.15, -0.1) is 0 Å². The fourth-order valence-electron chi connectivity index (χ4n) is 5.70. The second-order valence-corrected chi connectivity index (χ2v) is 8.33. The molecule has 0 bridgehead atoms. The second-order valence-electron chi connectivity index (χ2n) is 8.33. The highest BCUT2D eigenvalue weighted by Crippen LogP contribution is 2.57. The van der Waals surface area contributed by atoms with Crippen molar-refractivity contribution in [3.8, 4) is 16.9 Å². The highest BCUT2D eigenvalue weighted by atomic mass is 16.5. The first kappa shape index (κ1) is 16.2. The molecule has 5 aromatic carbocycles. The molecular formula is C29H20O. The monoisotopic (exact) mass is 384 g/mol. The van der Waals surface area contributed by atoms with Crippen molar-refractivity contribution in [1.29, 1.82) is 0 Å². The molecule has 0 aromatic heterocycles. The zero-order valence-corrected chi connectivity index (χ0v) is 16.6. The third-order valence-corrected chi connectivity index (χ3v) is 6.86. The lowest BCUT2D eigenvalue weighted by atomic mass is 9.84. The summed E-state index contributed by atoms with van der Waals surface area (Å²) in [7, 11) is 0. The van der Waals surface area contributed by atoms with Crippen LogP contribution < -0.4 is 4.74 Å². The van der Waals surface area contributed by atoms with E-state index in [-0.39, 0.29) is 5.92 Å². The quantitative estimate of drug-likeness (QED) is 0.294. The van der Waals surface area contributed by atoms with Crippen LogP contribution >= 0.6 is 0 Å². The minimum absolute atomic E-state index is 0.234. The van der Waals surface area contributed by atoms with Crippen LogP contribution in [-0.4, -0.2) is 6.61 Å². The molecule has 1 aliphatic carbocycles. The number of ether oxygens (including phenoxy) is 1. The lowest BCUT2D eigenvalue weighted by molar-refractivity contribution is 0.360. The van der Waals surface area contributed by atoms with Crippen LogP contribution in [0.1, 0.15) is 28.2 Å². The first-order chi connectivity index (χ1) is 14.9. The molecule has 0 saturated heterocycles. The van der Waals surface area contributed by atoms with Gasteiger partial charge in [0.15, 0.2) is 0 Å². The van der Waals surface area contributed by atoms with E-state index < -0.39 is 0 Å². The van der Waals surface area contributed by atoms with Crippen LogP contribution in [0.2, 0.25) is 0 Å². The van der Waals surface area contributed by atoms with Crippen molar-refractivity contribution < 1.29 is 4.74 Å². The average molecular weight is 384 g/mol. The predicted octanol–water partition coefficient (Wildman–Crippen LogP) is 7.09. The molecule has 30 heavy (non-hydrogen) atoms. The summed E-state index contributed by atoms with van der Waals surface area (Å²) in [6.07, 6.45) is 0.982. The van der Waals surface area contributed by atoms with Crippen LogP contribution in [0.25, 0.3) is 32.7 Å². The number of hydrogen-bond acceptors (Lipinski definition) is 1. The maximum atomic E-state index is 6.18. The third-order valence-electron chi connectivity index (χ3n) is 6.86. The molecule has 0 N–H and O–H groups in total. The van der Waals surface area contributed by atoms with Gasteiger partial charge in [0.25, 0.3) is 0 Å². The van der Waals surface area contributed by atoms with Gasteiger partial charge in [-0.1, -0.05) is 91.0 Å². The summed E-state index contributed by atoms with van der Waals surface area (Å²) in [6, 6.07) is 33.2. The summed E-state index contributed by atoms with van der Waals surface area (Å²) >= 11 is 0. The fraction of sp³-hybridized carbons (Fsp3) is 0.103. The van der Waals surface area contributed by atoms with Crippen molar-refractivity contribution >= 4 is 21.5 Å². The van der Waals surface area contributed by atoms with Crippen LogP contribution in [0.15, 0.2) is 91.0 Å². The van der Waals surface area contributed by atoms with E-state index in [0.717, 1.165) is 18.8 Å². The van der Waals surface area contributed by atoms with E-state index in [4.69, 9.17) is 4.74 Å². The smallest absolute Gasteiger partial charge is 0.131 e. The van der Waals surface area contributed by atoms with Gasteiger partial charge in [-0.3, -0.25) is 0 Å². The molecule has 1 aliphatic heterocycles. The summed E-state index contributed by atoms with van der Waals surface area (Å²) in [5.74, 6) is 1.33. The van der Waals surface area contributed by atoms with E-state index in [9.17, 15) is 0 Å². The SMILES string of the molecule is c1ccc(C2c3c(ccc4ccccc34)-c3c4c(c5ccccc5c32)OCC4)cc1. The van der Waals surface area contributed by atoms with E-state index in [2.05, 4.69) is 91.0 Å². The Kier molecular flexibility index (Phi) is 3.23. The topological polar surface area (TPSA) is 9.23 Å². The summed E-state index contributed by atoms with van der Waals surface area (Å²) in [5, 5.41) is 5.24. The molecule has 1 nitrogen and oxygen atoms in total. The van der Waals surface area contributed by atoms with E-state index in [0.29, 0.717) is 0 Å². The number of benzene rings is 5. The Bertz CT molecular complexity index is 1460. The Morgan fingerprint density at radius 1 is 0.633 bits per heavy atom. The standard InChI is InChI=1S/C29H20O/c1-2-9-19(10-3-1)25-26-20-11-5-4-8-18(20)14-15-23(26)27-24-16-17-30-29(24)22-13-7-6-12-21(22)28(25)27/h1-15,25H,16-17H2. The minimum Gasteiger partial charge on any atom is -0.492 e. The van der Waals surface area contributed by atoms with Crippen molar-refractivity contribution in [1.82, 2.24) is 0 Å². The Labute approximate surface area is 175 Å². The number of rotatable bonds is 1. The largest absolute Gasteiger partial charge is 0.492 e. The lowest BCUT2D eigenvalue weighted by Gasteiger charge is -2.19. The molecule has 0 saturated carbocycles. The Balaban J connectivity index is 1.71. The molecule has 7 rings (SSSR count). The third kappa shape index (κ3) is 2.02. The van der Waals surface area contributed by atoms with E-state index in [1.54, 1.807) is 0 Å². The van der Waals surface area contributed by atoms with Crippen LogP contribution in [0, 0.1) is 0 Å². The fourth-order valence-corrected chi connectivity index (χ4v) is 5.70. The predicted molar refractivity (Wildman–Crippen MR) is 123 cm³/mol. The molecule has 2 aliphatic rings. The number of hydrogen-bond donors (Lipinski definition) is 0. The van der Waals surface area contributed by atoms with Crippen LogP contribution in [0.5, 0.6) is 5.75 Å². The summed E-state index contributed by atoms with van der Waals surface area (Å²) in [4.78, 5) is 0. The highest BCUT2D eigenvalue weighted by molar-refractivity contribution is 6.07. The summed E-state index contributed by atoms with van der Waals surface area (Å²) in [5.41, 5.74) is 8.43. The summed E-state index contributed by atoms with van der Waals surface area (Å²) < 4.78 is 6.18. The van der Waals surface area contributed by atoms with Gasteiger partial charge in [0, 0.05) is 23.3 Å². The van der Waals surface area contributed by atoms with Crippen LogP contribution in [-0.2, 0) is 6.42 Å². The molecule has 142 valence electrons. The van der Waals surface area contributed by atoms with Gasteiger partial charge < -0.3 is 4.74 Å². The molecule has 5 aromatic rings. The lowest BCUT2D eigenvalue weighted by Crippen LogP contribution is -2.01. The molecular weight excluding hydrogens is 364 g/mol. The average Bonchev–Trinajstić information content (AvgIpc) is 3.43. The van der Waals surface area contributed by atoms with Gasteiger partial charge in [0.2, 0.25) is 0 Å². The van der Waals surface area contributed by atoms with Gasteiger partial charge >= 0.3 is 0 Å². The molecule has 1 heteroatoms. The molecule has 0 fully saturated rings. The van der Waals surface area contributed by atoms with Crippen LogP contribution in [0.3, 0.4) is 0 Å². The van der Waals surface area contributed by atoms with Crippen molar-refractivity contribution in [2.24, 2.45) is 0 Å². The second kappa shape index (κ2) is 5.96. The Morgan fingerprint density at radius 2 is 1.37 bits per heavy atom. The van der Waals surface area contributed by atoms with Gasteiger partial charge in [-0.05, 0) is 44.0 Å². The van der Waals surface area contributed by atoms with Gasteiger partial charge in [-0.2, -0.15) is 0 Å². The maximum Gasteiger partial charge on any atom is 0.131 e. The maximum absolute atomic E-state index is 6.18. The van der Waals surface area contributed by atoms with Gasteiger partial charge in [0.05, 0.1) is 6.61 Å². The number of fused-ring (bicyclic) bond motifs is 10.